The van der Waals surface area contributed by atoms with Crippen molar-refractivity contribution in [3.63, 3.8) is 0 Å². The molecule has 1 aromatic carbocycles. The molecule has 0 bridgehead atoms. The third kappa shape index (κ3) is 3.70. The second-order valence-corrected chi connectivity index (χ2v) is 6.11. The normalized spacial score (nSPS) is 11.6. The van der Waals surface area contributed by atoms with E-state index in [0.717, 1.165) is 5.56 Å². The molecule has 0 fully saturated rings. The Balaban J connectivity index is 2.47. The van der Waals surface area contributed by atoms with Gasteiger partial charge in [-0.1, -0.05) is 29.3 Å². The lowest BCUT2D eigenvalue weighted by atomic mass is 9.96. The molecule has 0 radical (unpaired) electrons. The number of carbonyl (C=O) groups excluding carboxylic acids is 1. The van der Waals surface area contributed by atoms with Crippen LogP contribution < -0.4 is 5.56 Å². The molecule has 2 rings (SSSR count). The van der Waals surface area contributed by atoms with Gasteiger partial charge in [0.05, 0.1) is 12.1 Å². The third-order valence-electron chi connectivity index (χ3n) is 3.64. The number of aryl methyl sites for hydroxylation is 3. The van der Waals surface area contributed by atoms with Crippen LogP contribution in [-0.2, 0) is 12.7 Å². The molecular formula is C17H15ClF3NO2. The topological polar surface area (TPSA) is 39.1 Å². The maximum absolute atomic E-state index is 12.9. The van der Waals surface area contributed by atoms with Crippen molar-refractivity contribution in [2.24, 2.45) is 0 Å². The average Bonchev–Trinajstić information content (AvgIpc) is 2.41. The van der Waals surface area contributed by atoms with Gasteiger partial charge in [0.1, 0.15) is 5.02 Å². The Morgan fingerprint density at radius 1 is 1.12 bits per heavy atom. The predicted molar refractivity (Wildman–Crippen MR) is 85.7 cm³/mol. The fourth-order valence-electron chi connectivity index (χ4n) is 2.73. The van der Waals surface area contributed by atoms with E-state index in [1.807, 2.05) is 19.1 Å². The molecule has 128 valence electrons. The van der Waals surface area contributed by atoms with Gasteiger partial charge in [0.15, 0.2) is 5.78 Å². The van der Waals surface area contributed by atoms with Gasteiger partial charge in [-0.25, -0.2) is 0 Å². The SMILES string of the molecule is Cc1cc(C)c(C(=O)Cn2cc(C(F)(F)F)cc(Cl)c2=O)c(C)c1. The van der Waals surface area contributed by atoms with Gasteiger partial charge in [-0.2, -0.15) is 13.2 Å². The summed E-state index contributed by atoms with van der Waals surface area (Å²) in [5.41, 5.74) is 0.895. The first-order chi connectivity index (χ1) is 11.0. The number of hydrogen-bond acceptors (Lipinski definition) is 2. The number of halogens is 4. The quantitative estimate of drug-likeness (QED) is 0.767. The minimum Gasteiger partial charge on any atom is -0.306 e. The Morgan fingerprint density at radius 3 is 2.17 bits per heavy atom. The fraction of sp³-hybridized carbons (Fsp3) is 0.294. The third-order valence-corrected chi connectivity index (χ3v) is 3.91. The lowest BCUT2D eigenvalue weighted by Gasteiger charge is -2.14. The Hall–Kier alpha value is -2.08. The van der Waals surface area contributed by atoms with Crippen molar-refractivity contribution in [1.29, 1.82) is 0 Å². The summed E-state index contributed by atoms with van der Waals surface area (Å²) in [4.78, 5) is 24.5. The number of ketones is 1. The number of benzene rings is 1. The second kappa shape index (κ2) is 6.43. The van der Waals surface area contributed by atoms with E-state index in [4.69, 9.17) is 11.6 Å². The number of pyridine rings is 1. The Morgan fingerprint density at radius 2 is 1.67 bits per heavy atom. The first-order valence-electron chi connectivity index (χ1n) is 7.09. The van der Waals surface area contributed by atoms with Crippen LogP contribution in [0.1, 0.15) is 32.6 Å². The van der Waals surface area contributed by atoms with E-state index >= 15 is 0 Å². The van der Waals surface area contributed by atoms with Gasteiger partial charge in [0, 0.05) is 11.8 Å². The summed E-state index contributed by atoms with van der Waals surface area (Å²) in [5, 5.41) is -0.574. The molecule has 7 heteroatoms. The highest BCUT2D eigenvalue weighted by atomic mass is 35.5. The molecule has 0 aliphatic rings. The zero-order valence-electron chi connectivity index (χ0n) is 13.3. The van der Waals surface area contributed by atoms with Crippen LogP contribution in [0.2, 0.25) is 5.02 Å². The van der Waals surface area contributed by atoms with Gasteiger partial charge in [-0.05, 0) is 38.0 Å². The fourth-order valence-corrected chi connectivity index (χ4v) is 2.95. The molecule has 0 atom stereocenters. The minimum atomic E-state index is -4.65. The molecule has 1 aromatic heterocycles. The summed E-state index contributed by atoms with van der Waals surface area (Å²) in [6, 6.07) is 4.18. The smallest absolute Gasteiger partial charge is 0.306 e. The van der Waals surface area contributed by atoms with Crippen LogP contribution in [0.4, 0.5) is 13.2 Å². The van der Waals surface area contributed by atoms with Crippen LogP contribution in [0.3, 0.4) is 0 Å². The molecule has 2 aromatic rings. The zero-order chi connectivity index (χ0) is 18.2. The van der Waals surface area contributed by atoms with E-state index < -0.39 is 34.6 Å². The van der Waals surface area contributed by atoms with Crippen molar-refractivity contribution in [2.75, 3.05) is 0 Å². The highest BCUT2D eigenvalue weighted by Crippen LogP contribution is 2.29. The van der Waals surface area contributed by atoms with Gasteiger partial charge in [0.25, 0.3) is 5.56 Å². The molecule has 3 nitrogen and oxygen atoms in total. The molecule has 0 saturated heterocycles. The number of rotatable bonds is 3. The van der Waals surface area contributed by atoms with E-state index in [9.17, 15) is 22.8 Å². The first kappa shape index (κ1) is 18.3. The highest BCUT2D eigenvalue weighted by Gasteiger charge is 2.32. The van der Waals surface area contributed by atoms with Crippen LogP contribution in [0.5, 0.6) is 0 Å². The van der Waals surface area contributed by atoms with Gasteiger partial charge in [0.2, 0.25) is 0 Å². The van der Waals surface area contributed by atoms with Crippen LogP contribution >= 0.6 is 11.6 Å². The molecule has 0 N–H and O–H groups in total. The maximum Gasteiger partial charge on any atom is 0.417 e. The van der Waals surface area contributed by atoms with Crippen molar-refractivity contribution in [3.8, 4) is 0 Å². The average molecular weight is 358 g/mol. The Bertz CT molecular complexity index is 846. The van der Waals surface area contributed by atoms with Gasteiger partial charge in [-0.15, -0.1) is 0 Å². The predicted octanol–water partition coefficient (Wildman–Crippen LogP) is 4.33. The van der Waals surface area contributed by atoms with E-state index in [1.54, 1.807) is 13.8 Å². The van der Waals surface area contributed by atoms with Crippen molar-refractivity contribution in [1.82, 2.24) is 4.57 Å². The first-order valence-corrected chi connectivity index (χ1v) is 7.46. The molecule has 0 amide bonds. The summed E-state index contributed by atoms with van der Waals surface area (Å²) in [6.45, 7) is 4.86. The van der Waals surface area contributed by atoms with Crippen LogP contribution in [0.15, 0.2) is 29.2 Å². The van der Waals surface area contributed by atoms with Gasteiger partial charge >= 0.3 is 6.18 Å². The number of Topliss-reactive ketones (excluding diaryl/α,β-unsaturated/α-hetero) is 1. The zero-order valence-corrected chi connectivity index (χ0v) is 14.0. The summed E-state index contributed by atoms with van der Waals surface area (Å²) < 4.78 is 39.3. The molecule has 0 unspecified atom stereocenters. The van der Waals surface area contributed by atoms with Crippen LogP contribution in [-0.4, -0.2) is 10.4 Å². The van der Waals surface area contributed by atoms with Crippen molar-refractivity contribution >= 4 is 17.4 Å². The highest BCUT2D eigenvalue weighted by molar-refractivity contribution is 6.30. The molecule has 0 spiro atoms. The number of carbonyl (C=O) groups is 1. The maximum atomic E-state index is 12.9. The van der Waals surface area contributed by atoms with E-state index in [0.29, 0.717) is 33.5 Å². The number of nitrogens with zero attached hydrogens (tertiary/aromatic N) is 1. The molecule has 24 heavy (non-hydrogen) atoms. The van der Waals surface area contributed by atoms with Gasteiger partial charge < -0.3 is 4.57 Å². The molecule has 1 heterocycles. The number of alkyl halides is 3. The Labute approximate surface area is 141 Å². The monoisotopic (exact) mass is 357 g/mol. The summed E-state index contributed by atoms with van der Waals surface area (Å²) in [6.07, 6.45) is -4.04. The minimum absolute atomic E-state index is 0.404. The number of aromatic nitrogens is 1. The molecular weight excluding hydrogens is 343 g/mol. The van der Waals surface area contributed by atoms with Crippen molar-refractivity contribution < 1.29 is 18.0 Å². The summed E-state index contributed by atoms with van der Waals surface area (Å²) in [7, 11) is 0. The summed E-state index contributed by atoms with van der Waals surface area (Å²) in [5.74, 6) is -0.442. The van der Waals surface area contributed by atoms with Crippen LogP contribution in [0.25, 0.3) is 0 Å². The molecule has 0 aliphatic carbocycles. The van der Waals surface area contributed by atoms with E-state index in [2.05, 4.69) is 0 Å². The molecule has 0 saturated carbocycles. The van der Waals surface area contributed by atoms with Crippen molar-refractivity contribution in [3.05, 3.63) is 67.6 Å². The lowest BCUT2D eigenvalue weighted by molar-refractivity contribution is -0.138. The Kier molecular flexibility index (Phi) is 4.90. The molecule has 0 aliphatic heterocycles. The standard InChI is InChI=1S/C17H15ClF3NO2/c1-9-4-10(2)15(11(3)5-9)14(23)8-22-7-12(17(19,20)21)6-13(18)16(22)24/h4-7H,8H2,1-3H3. The van der Waals surface area contributed by atoms with E-state index in [1.165, 1.54) is 0 Å². The lowest BCUT2D eigenvalue weighted by Crippen LogP contribution is -2.27. The van der Waals surface area contributed by atoms with Gasteiger partial charge in [-0.3, -0.25) is 9.59 Å². The second-order valence-electron chi connectivity index (χ2n) is 5.70. The van der Waals surface area contributed by atoms with Crippen molar-refractivity contribution in [2.45, 2.75) is 33.5 Å². The summed E-state index contributed by atoms with van der Waals surface area (Å²) >= 11 is 5.59. The number of hydrogen-bond donors (Lipinski definition) is 0. The van der Waals surface area contributed by atoms with Crippen LogP contribution in [0, 0.1) is 20.8 Å². The van der Waals surface area contributed by atoms with E-state index in [-0.39, 0.29) is 0 Å². The largest absolute Gasteiger partial charge is 0.417 e.